The number of hydrogen-bond donors (Lipinski definition) is 1. The van der Waals surface area contributed by atoms with Gasteiger partial charge in [-0.25, -0.2) is 9.99 Å². The standard InChI is InChI=1S/C8H8N6O/c1-3-14-5(2)13-4-10-6(7(9)15)8(13)11-12-14/h3-4H,1-2H2,(H2,9,15). The molecule has 1 aromatic rings. The summed E-state index contributed by atoms with van der Waals surface area (Å²) in [7, 11) is 0. The third kappa shape index (κ3) is 1.21. The second-order valence-corrected chi connectivity index (χ2v) is 2.78. The molecule has 0 unspecified atom stereocenters. The largest absolute Gasteiger partial charge is 0.364 e. The second-order valence-electron chi connectivity index (χ2n) is 2.78. The summed E-state index contributed by atoms with van der Waals surface area (Å²) in [6.45, 7) is 7.29. The van der Waals surface area contributed by atoms with Crippen LogP contribution >= 0.6 is 0 Å². The number of aromatic nitrogens is 2. The lowest BCUT2D eigenvalue weighted by atomic mass is 10.4. The first-order valence-electron chi connectivity index (χ1n) is 4.05. The van der Waals surface area contributed by atoms with Crippen molar-refractivity contribution in [3.05, 3.63) is 31.4 Å². The van der Waals surface area contributed by atoms with Crippen molar-refractivity contribution in [1.82, 2.24) is 14.6 Å². The van der Waals surface area contributed by atoms with E-state index >= 15 is 0 Å². The van der Waals surface area contributed by atoms with Gasteiger partial charge in [-0.05, 0) is 0 Å². The highest BCUT2D eigenvalue weighted by Gasteiger charge is 2.22. The number of hydrogen-bond acceptors (Lipinski definition) is 5. The Bertz CT molecular complexity index is 485. The van der Waals surface area contributed by atoms with Crippen LogP contribution in [0.5, 0.6) is 0 Å². The van der Waals surface area contributed by atoms with E-state index in [0.717, 1.165) is 0 Å². The van der Waals surface area contributed by atoms with Gasteiger partial charge in [0.05, 0.1) is 0 Å². The monoisotopic (exact) mass is 204 g/mol. The number of carbonyl (C=O) groups is 1. The van der Waals surface area contributed by atoms with Gasteiger partial charge in [-0.2, -0.15) is 0 Å². The number of primary amides is 1. The molecular weight excluding hydrogens is 196 g/mol. The molecule has 2 rings (SSSR count). The van der Waals surface area contributed by atoms with Crippen LogP contribution in [0.2, 0.25) is 0 Å². The number of carbonyl (C=O) groups excluding carboxylic acids is 1. The van der Waals surface area contributed by atoms with E-state index in [4.69, 9.17) is 5.73 Å². The SMILES string of the molecule is C=CN1N=Nc2c(C(N)=O)ncn2C1=C. The first-order valence-corrected chi connectivity index (χ1v) is 4.05. The molecule has 0 aliphatic carbocycles. The normalized spacial score (nSPS) is 13.9. The van der Waals surface area contributed by atoms with Crippen molar-refractivity contribution in [2.24, 2.45) is 16.1 Å². The highest BCUT2D eigenvalue weighted by Crippen LogP contribution is 2.28. The molecule has 1 amide bonds. The summed E-state index contributed by atoms with van der Waals surface area (Å²) in [5, 5.41) is 8.91. The lowest BCUT2D eigenvalue weighted by Gasteiger charge is -2.20. The van der Waals surface area contributed by atoms with Gasteiger partial charge in [-0.15, -0.1) is 5.11 Å². The molecule has 0 fully saturated rings. The van der Waals surface area contributed by atoms with Gasteiger partial charge in [0.2, 0.25) is 0 Å². The summed E-state index contributed by atoms with van der Waals surface area (Å²) in [5.41, 5.74) is 5.19. The lowest BCUT2D eigenvalue weighted by molar-refractivity contribution is 0.0996. The van der Waals surface area contributed by atoms with E-state index in [-0.39, 0.29) is 11.5 Å². The van der Waals surface area contributed by atoms with Crippen molar-refractivity contribution in [3.8, 4) is 0 Å². The van der Waals surface area contributed by atoms with E-state index in [9.17, 15) is 4.79 Å². The molecule has 15 heavy (non-hydrogen) atoms. The molecule has 0 spiro atoms. The van der Waals surface area contributed by atoms with Crippen molar-refractivity contribution in [2.45, 2.75) is 0 Å². The molecule has 0 saturated heterocycles. The summed E-state index contributed by atoms with van der Waals surface area (Å²) in [6, 6.07) is 0. The molecule has 0 bridgehead atoms. The first kappa shape index (κ1) is 9.13. The van der Waals surface area contributed by atoms with Crippen LogP contribution in [0.25, 0.3) is 5.82 Å². The molecule has 0 saturated carbocycles. The molecule has 0 aromatic carbocycles. The average molecular weight is 204 g/mol. The molecule has 2 N–H and O–H groups in total. The molecule has 2 heterocycles. The Morgan fingerprint density at radius 1 is 1.60 bits per heavy atom. The van der Waals surface area contributed by atoms with Gasteiger partial charge in [0.15, 0.2) is 11.5 Å². The Labute approximate surface area is 85.2 Å². The predicted octanol–water partition coefficient (Wildman–Crippen LogP) is 0.868. The van der Waals surface area contributed by atoms with E-state index in [1.807, 2.05) is 0 Å². The maximum absolute atomic E-state index is 11.0. The molecule has 7 heteroatoms. The van der Waals surface area contributed by atoms with Crippen molar-refractivity contribution in [2.75, 3.05) is 0 Å². The Morgan fingerprint density at radius 3 is 2.93 bits per heavy atom. The summed E-state index contributed by atoms with van der Waals surface area (Å²) < 4.78 is 1.51. The molecule has 7 nitrogen and oxygen atoms in total. The molecular formula is C8H8N6O. The van der Waals surface area contributed by atoms with E-state index < -0.39 is 5.91 Å². The molecule has 0 atom stereocenters. The van der Waals surface area contributed by atoms with Crippen LogP contribution in [0.4, 0.5) is 5.82 Å². The highest BCUT2D eigenvalue weighted by molar-refractivity contribution is 5.95. The zero-order valence-electron chi connectivity index (χ0n) is 7.79. The summed E-state index contributed by atoms with van der Waals surface area (Å²) in [5.74, 6) is 0.114. The smallest absolute Gasteiger partial charge is 0.271 e. The zero-order valence-corrected chi connectivity index (χ0v) is 7.79. The van der Waals surface area contributed by atoms with Gasteiger partial charge in [0, 0.05) is 6.20 Å². The fourth-order valence-electron chi connectivity index (χ4n) is 1.19. The van der Waals surface area contributed by atoms with Crippen LogP contribution < -0.4 is 5.73 Å². The van der Waals surface area contributed by atoms with Crippen LogP contribution in [0.15, 0.2) is 36.0 Å². The van der Waals surface area contributed by atoms with Crippen molar-refractivity contribution in [1.29, 1.82) is 0 Å². The minimum absolute atomic E-state index is 0.0728. The van der Waals surface area contributed by atoms with E-state index in [0.29, 0.717) is 5.82 Å². The van der Waals surface area contributed by atoms with E-state index in [2.05, 4.69) is 28.5 Å². The van der Waals surface area contributed by atoms with Crippen molar-refractivity contribution >= 4 is 17.5 Å². The van der Waals surface area contributed by atoms with E-state index in [1.54, 1.807) is 0 Å². The number of rotatable bonds is 2. The topological polar surface area (TPSA) is 88.9 Å². The molecule has 1 aliphatic rings. The van der Waals surface area contributed by atoms with Gasteiger partial charge in [0.1, 0.15) is 12.1 Å². The molecule has 0 radical (unpaired) electrons. The fraction of sp³-hybridized carbons (Fsp3) is 0. The van der Waals surface area contributed by atoms with Crippen LogP contribution in [-0.4, -0.2) is 20.5 Å². The molecule has 1 aromatic heterocycles. The number of imidazole rings is 1. The third-order valence-electron chi connectivity index (χ3n) is 1.93. The summed E-state index contributed by atoms with van der Waals surface area (Å²) >= 11 is 0. The first-order chi connectivity index (χ1) is 7.15. The minimum Gasteiger partial charge on any atom is -0.364 e. The Balaban J connectivity index is 2.55. The number of fused-ring (bicyclic) bond motifs is 1. The summed E-state index contributed by atoms with van der Waals surface area (Å²) in [4.78, 5) is 14.8. The Hall–Kier alpha value is -2.44. The van der Waals surface area contributed by atoms with Crippen molar-refractivity contribution < 1.29 is 4.79 Å². The summed E-state index contributed by atoms with van der Waals surface area (Å²) in [6.07, 6.45) is 2.85. The van der Waals surface area contributed by atoms with Crippen LogP contribution in [0.3, 0.4) is 0 Å². The van der Waals surface area contributed by atoms with Gasteiger partial charge in [-0.1, -0.05) is 18.4 Å². The Morgan fingerprint density at radius 2 is 2.33 bits per heavy atom. The Kier molecular flexibility index (Phi) is 1.86. The van der Waals surface area contributed by atoms with Gasteiger partial charge < -0.3 is 5.73 Å². The van der Waals surface area contributed by atoms with Crippen molar-refractivity contribution in [3.63, 3.8) is 0 Å². The second kappa shape index (κ2) is 3.05. The minimum atomic E-state index is -0.650. The zero-order chi connectivity index (χ0) is 11.0. The molecule has 76 valence electrons. The fourth-order valence-corrected chi connectivity index (χ4v) is 1.19. The van der Waals surface area contributed by atoms with Gasteiger partial charge in [0.25, 0.3) is 5.91 Å². The highest BCUT2D eigenvalue weighted by atomic mass is 16.1. The maximum Gasteiger partial charge on any atom is 0.271 e. The van der Waals surface area contributed by atoms with Crippen LogP contribution in [0.1, 0.15) is 10.5 Å². The number of nitrogens with zero attached hydrogens (tertiary/aromatic N) is 5. The maximum atomic E-state index is 11.0. The van der Waals surface area contributed by atoms with Crippen LogP contribution in [-0.2, 0) is 0 Å². The number of amides is 1. The third-order valence-corrected chi connectivity index (χ3v) is 1.93. The van der Waals surface area contributed by atoms with Gasteiger partial charge in [-0.3, -0.25) is 9.36 Å². The number of nitrogens with two attached hydrogens (primary N) is 1. The quantitative estimate of drug-likeness (QED) is 0.774. The average Bonchev–Trinajstić information content (AvgIpc) is 2.62. The lowest BCUT2D eigenvalue weighted by Crippen LogP contribution is -2.16. The molecule has 1 aliphatic heterocycles. The van der Waals surface area contributed by atoms with Crippen LogP contribution in [0, 0.1) is 0 Å². The van der Waals surface area contributed by atoms with Gasteiger partial charge >= 0.3 is 0 Å². The predicted molar refractivity (Wildman–Crippen MR) is 52.6 cm³/mol. The van der Waals surface area contributed by atoms with E-state index in [1.165, 1.54) is 22.1 Å².